The zero-order valence-electron chi connectivity index (χ0n) is 8.25. The highest BCUT2D eigenvalue weighted by atomic mass is 35.5. The van der Waals surface area contributed by atoms with Crippen LogP contribution in [0.1, 0.15) is 6.92 Å². The van der Waals surface area contributed by atoms with E-state index < -0.39 is 0 Å². The van der Waals surface area contributed by atoms with Crippen molar-refractivity contribution in [3.8, 4) is 0 Å². The Morgan fingerprint density at radius 2 is 2.36 bits per heavy atom. The van der Waals surface area contributed by atoms with Crippen LogP contribution in [0.5, 0.6) is 0 Å². The molecule has 14 heavy (non-hydrogen) atoms. The Kier molecular flexibility index (Phi) is 4.35. The second-order valence-electron chi connectivity index (χ2n) is 3.00. The van der Waals surface area contributed by atoms with Gasteiger partial charge in [0.05, 0.1) is 5.69 Å². The van der Waals surface area contributed by atoms with Gasteiger partial charge in [-0.15, -0.1) is 0 Å². The molecule has 5 heteroatoms. The molecule has 0 saturated carbocycles. The summed E-state index contributed by atoms with van der Waals surface area (Å²) in [6.45, 7) is 2.97. The van der Waals surface area contributed by atoms with Gasteiger partial charge >= 0.3 is 0 Å². The number of hydrogen-bond acceptors (Lipinski definition) is 4. The smallest absolute Gasteiger partial charge is 0.151 e. The summed E-state index contributed by atoms with van der Waals surface area (Å²) in [6, 6.07) is 3.43. The first-order valence-electron chi connectivity index (χ1n) is 4.32. The third-order valence-electron chi connectivity index (χ3n) is 1.85. The van der Waals surface area contributed by atoms with Crippen molar-refractivity contribution in [1.29, 1.82) is 0 Å². The van der Waals surface area contributed by atoms with E-state index in [1.54, 1.807) is 23.9 Å². The first-order valence-corrected chi connectivity index (χ1v) is 5.98. The largest absolute Gasteiger partial charge is 0.396 e. The molecule has 0 radical (unpaired) electrons. The second-order valence-corrected chi connectivity index (χ2v) is 4.66. The van der Waals surface area contributed by atoms with Gasteiger partial charge in [-0.2, -0.15) is 11.8 Å². The molecular formula is C9H14ClN3S. The molecule has 0 aliphatic heterocycles. The van der Waals surface area contributed by atoms with Crippen LogP contribution in [0, 0.1) is 0 Å². The van der Waals surface area contributed by atoms with Crippen LogP contribution >= 0.6 is 23.4 Å². The van der Waals surface area contributed by atoms with E-state index in [2.05, 4.69) is 23.5 Å². The fourth-order valence-corrected chi connectivity index (χ4v) is 1.31. The van der Waals surface area contributed by atoms with Crippen LogP contribution in [-0.4, -0.2) is 23.0 Å². The molecule has 1 heterocycles. The van der Waals surface area contributed by atoms with Crippen LogP contribution in [0.3, 0.4) is 0 Å². The highest BCUT2D eigenvalue weighted by Gasteiger charge is 2.03. The highest BCUT2D eigenvalue weighted by molar-refractivity contribution is 7.99. The number of rotatable bonds is 4. The van der Waals surface area contributed by atoms with E-state index in [4.69, 9.17) is 17.3 Å². The zero-order valence-corrected chi connectivity index (χ0v) is 9.82. The minimum atomic E-state index is 0.457. The highest BCUT2D eigenvalue weighted by Crippen LogP contribution is 2.18. The topological polar surface area (TPSA) is 50.9 Å². The van der Waals surface area contributed by atoms with Gasteiger partial charge in [0.1, 0.15) is 5.15 Å². The molecule has 1 atom stereocenters. The van der Waals surface area contributed by atoms with Gasteiger partial charge in [-0.1, -0.05) is 18.5 Å². The standard InChI is InChI=1S/C9H14ClN3S/c1-6(14-2)5-12-9-7(11)3-4-8(10)13-9/h3-4,6H,5,11H2,1-2H3,(H,12,13). The molecule has 0 bridgehead atoms. The van der Waals surface area contributed by atoms with E-state index >= 15 is 0 Å². The Morgan fingerprint density at radius 1 is 1.64 bits per heavy atom. The number of pyridine rings is 1. The summed E-state index contributed by atoms with van der Waals surface area (Å²) in [7, 11) is 0. The lowest BCUT2D eigenvalue weighted by molar-refractivity contribution is 0.993. The van der Waals surface area contributed by atoms with E-state index in [1.807, 2.05) is 0 Å². The summed E-state index contributed by atoms with van der Waals surface area (Å²) in [5.41, 5.74) is 6.35. The summed E-state index contributed by atoms with van der Waals surface area (Å²) < 4.78 is 0. The normalized spacial score (nSPS) is 12.5. The maximum atomic E-state index is 5.75. The summed E-state index contributed by atoms with van der Waals surface area (Å²) in [5, 5.41) is 4.14. The number of hydrogen-bond donors (Lipinski definition) is 2. The Morgan fingerprint density at radius 3 is 3.00 bits per heavy atom. The van der Waals surface area contributed by atoms with Crippen molar-refractivity contribution >= 4 is 34.9 Å². The average Bonchev–Trinajstić information content (AvgIpc) is 2.19. The van der Waals surface area contributed by atoms with Gasteiger partial charge in [0, 0.05) is 11.8 Å². The van der Waals surface area contributed by atoms with E-state index in [0.29, 0.717) is 21.9 Å². The lowest BCUT2D eigenvalue weighted by Gasteiger charge is -2.11. The van der Waals surface area contributed by atoms with Crippen molar-refractivity contribution in [2.24, 2.45) is 0 Å². The molecule has 0 saturated heterocycles. The molecule has 3 N–H and O–H groups in total. The van der Waals surface area contributed by atoms with Crippen molar-refractivity contribution in [3.63, 3.8) is 0 Å². The van der Waals surface area contributed by atoms with Gasteiger partial charge in [-0.3, -0.25) is 0 Å². The summed E-state index contributed by atoms with van der Waals surface area (Å²) in [6.07, 6.45) is 2.07. The number of halogens is 1. The molecule has 0 fully saturated rings. The number of nitrogens with two attached hydrogens (primary N) is 1. The zero-order chi connectivity index (χ0) is 10.6. The molecule has 1 aromatic heterocycles. The van der Waals surface area contributed by atoms with E-state index in [-0.39, 0.29) is 0 Å². The Hall–Kier alpha value is -0.610. The van der Waals surface area contributed by atoms with Gasteiger partial charge in [-0.05, 0) is 18.4 Å². The summed E-state index contributed by atoms with van der Waals surface area (Å²) in [4.78, 5) is 4.10. The van der Waals surface area contributed by atoms with Gasteiger partial charge in [-0.25, -0.2) is 4.98 Å². The van der Waals surface area contributed by atoms with Crippen LogP contribution in [0.25, 0.3) is 0 Å². The molecule has 0 aromatic carbocycles. The number of nitrogens with one attached hydrogen (secondary N) is 1. The van der Waals surface area contributed by atoms with Crippen molar-refractivity contribution in [1.82, 2.24) is 4.98 Å². The number of nitrogens with zero attached hydrogens (tertiary/aromatic N) is 1. The number of nitrogen functional groups attached to an aromatic ring is 1. The molecule has 3 nitrogen and oxygen atoms in total. The lowest BCUT2D eigenvalue weighted by Crippen LogP contribution is -2.14. The predicted octanol–water partition coefficient (Wildman–Crippen LogP) is 2.48. The molecule has 1 rings (SSSR count). The van der Waals surface area contributed by atoms with E-state index in [1.165, 1.54) is 0 Å². The Labute approximate surface area is 93.4 Å². The summed E-state index contributed by atoms with van der Waals surface area (Å²) >= 11 is 7.54. The average molecular weight is 232 g/mol. The van der Waals surface area contributed by atoms with E-state index in [9.17, 15) is 0 Å². The first-order chi connectivity index (χ1) is 6.63. The van der Waals surface area contributed by atoms with Crippen molar-refractivity contribution in [2.45, 2.75) is 12.2 Å². The maximum absolute atomic E-state index is 5.75. The molecule has 0 aliphatic carbocycles. The van der Waals surface area contributed by atoms with Gasteiger partial charge in [0.15, 0.2) is 5.82 Å². The first kappa shape index (κ1) is 11.5. The fraction of sp³-hybridized carbons (Fsp3) is 0.444. The van der Waals surface area contributed by atoms with Crippen LogP contribution in [0.15, 0.2) is 12.1 Å². The molecule has 0 spiro atoms. The number of anilines is 2. The number of thioether (sulfide) groups is 1. The molecule has 0 amide bonds. The number of aromatic nitrogens is 1. The molecule has 1 unspecified atom stereocenters. The van der Waals surface area contributed by atoms with Gasteiger partial charge in [0.2, 0.25) is 0 Å². The van der Waals surface area contributed by atoms with Crippen LogP contribution in [0.2, 0.25) is 5.15 Å². The van der Waals surface area contributed by atoms with Crippen LogP contribution in [-0.2, 0) is 0 Å². The monoisotopic (exact) mass is 231 g/mol. The predicted molar refractivity (Wildman–Crippen MR) is 65.1 cm³/mol. The Bertz CT molecular complexity index is 306. The quantitative estimate of drug-likeness (QED) is 0.782. The van der Waals surface area contributed by atoms with E-state index in [0.717, 1.165) is 6.54 Å². The summed E-state index contributed by atoms with van der Waals surface area (Å²) in [5.74, 6) is 0.665. The van der Waals surface area contributed by atoms with Crippen molar-refractivity contribution in [3.05, 3.63) is 17.3 Å². The lowest BCUT2D eigenvalue weighted by atomic mass is 10.4. The van der Waals surface area contributed by atoms with Crippen LogP contribution in [0.4, 0.5) is 11.5 Å². The maximum Gasteiger partial charge on any atom is 0.151 e. The molecular weight excluding hydrogens is 218 g/mol. The van der Waals surface area contributed by atoms with Crippen LogP contribution < -0.4 is 11.1 Å². The van der Waals surface area contributed by atoms with Crippen molar-refractivity contribution < 1.29 is 0 Å². The third kappa shape index (κ3) is 3.27. The SMILES string of the molecule is CSC(C)CNc1nc(Cl)ccc1N. The Balaban J connectivity index is 2.62. The molecule has 1 aromatic rings. The fourth-order valence-electron chi connectivity index (χ4n) is 0.911. The minimum absolute atomic E-state index is 0.457. The van der Waals surface area contributed by atoms with Crippen molar-refractivity contribution in [2.75, 3.05) is 23.9 Å². The second kappa shape index (κ2) is 5.32. The molecule has 78 valence electrons. The third-order valence-corrected chi connectivity index (χ3v) is 3.03. The van der Waals surface area contributed by atoms with Gasteiger partial charge < -0.3 is 11.1 Å². The van der Waals surface area contributed by atoms with Gasteiger partial charge in [0.25, 0.3) is 0 Å². The molecule has 0 aliphatic rings. The minimum Gasteiger partial charge on any atom is -0.396 e.